The Morgan fingerprint density at radius 2 is 1.52 bits per heavy atom. The lowest BCUT2D eigenvalue weighted by atomic mass is 9.78. The highest BCUT2D eigenvalue weighted by molar-refractivity contribution is 5.99. The maximum absolute atomic E-state index is 13.4. The van der Waals surface area contributed by atoms with Crippen LogP contribution in [0.1, 0.15) is 63.4 Å². The van der Waals surface area contributed by atoms with Crippen molar-refractivity contribution >= 4 is 23.5 Å². The van der Waals surface area contributed by atoms with Crippen LogP contribution in [0.3, 0.4) is 0 Å². The van der Waals surface area contributed by atoms with E-state index < -0.39 is 5.92 Å². The fraction of sp³-hybridized carbons (Fsp3) is 0.640. The van der Waals surface area contributed by atoms with E-state index in [0.717, 1.165) is 63.7 Å². The number of rotatable bonds is 4. The summed E-state index contributed by atoms with van der Waals surface area (Å²) < 4.78 is 5.48. The molecule has 1 aromatic carbocycles. The Kier molecular flexibility index (Phi) is 7.25. The lowest BCUT2D eigenvalue weighted by Crippen LogP contribution is -2.43. The Balaban J connectivity index is 1.36. The van der Waals surface area contributed by atoms with Crippen molar-refractivity contribution in [3.05, 3.63) is 29.8 Å². The number of nitrogens with zero attached hydrogens (tertiary/aromatic N) is 2. The third kappa shape index (κ3) is 5.10. The van der Waals surface area contributed by atoms with Gasteiger partial charge in [-0.05, 0) is 43.7 Å². The summed E-state index contributed by atoms with van der Waals surface area (Å²) in [5, 5.41) is 0. The summed E-state index contributed by atoms with van der Waals surface area (Å²) in [6.07, 6.45) is 9.63. The SMILES string of the molecule is O=C(OCC(=O)N1CCCCCCC1)[C@@H]1CCCC[C@H]1C(=O)N1CCc2ccccc21. The minimum Gasteiger partial charge on any atom is -0.455 e. The first-order valence-electron chi connectivity index (χ1n) is 12.0. The number of benzene rings is 1. The van der Waals surface area contributed by atoms with Gasteiger partial charge in [-0.15, -0.1) is 0 Å². The summed E-state index contributed by atoms with van der Waals surface area (Å²) in [5.74, 6) is -1.27. The zero-order chi connectivity index (χ0) is 21.6. The maximum Gasteiger partial charge on any atom is 0.310 e. The van der Waals surface area contributed by atoms with Gasteiger partial charge < -0.3 is 14.5 Å². The van der Waals surface area contributed by atoms with E-state index in [1.54, 1.807) is 0 Å². The van der Waals surface area contributed by atoms with Crippen LogP contribution >= 0.6 is 0 Å². The molecule has 0 bridgehead atoms. The molecule has 4 rings (SSSR count). The van der Waals surface area contributed by atoms with Crippen molar-refractivity contribution in [3.8, 4) is 0 Å². The minimum absolute atomic E-state index is 0.0293. The van der Waals surface area contributed by atoms with Crippen LogP contribution in [-0.2, 0) is 25.5 Å². The van der Waals surface area contributed by atoms with Crippen molar-refractivity contribution in [1.29, 1.82) is 0 Å². The molecule has 0 N–H and O–H groups in total. The van der Waals surface area contributed by atoms with E-state index in [4.69, 9.17) is 4.74 Å². The van der Waals surface area contributed by atoms with Crippen LogP contribution in [0, 0.1) is 11.8 Å². The number of carbonyl (C=O) groups excluding carboxylic acids is 3. The van der Waals surface area contributed by atoms with E-state index in [0.29, 0.717) is 19.4 Å². The minimum atomic E-state index is -0.450. The highest BCUT2D eigenvalue weighted by Crippen LogP contribution is 2.36. The number of amides is 2. The molecule has 1 saturated heterocycles. The Bertz CT molecular complexity index is 800. The number of hydrogen-bond donors (Lipinski definition) is 0. The number of carbonyl (C=O) groups is 3. The number of hydrogen-bond acceptors (Lipinski definition) is 4. The summed E-state index contributed by atoms with van der Waals surface area (Å²) >= 11 is 0. The largest absolute Gasteiger partial charge is 0.455 e. The molecule has 2 aliphatic heterocycles. The van der Waals surface area contributed by atoms with Gasteiger partial charge in [0.25, 0.3) is 5.91 Å². The lowest BCUT2D eigenvalue weighted by Gasteiger charge is -2.32. The van der Waals surface area contributed by atoms with Gasteiger partial charge in [-0.2, -0.15) is 0 Å². The van der Waals surface area contributed by atoms with Crippen LogP contribution in [0.2, 0.25) is 0 Å². The smallest absolute Gasteiger partial charge is 0.310 e. The zero-order valence-electron chi connectivity index (χ0n) is 18.4. The summed E-state index contributed by atoms with van der Waals surface area (Å²) in [7, 11) is 0. The van der Waals surface area contributed by atoms with Crippen molar-refractivity contribution in [2.45, 2.75) is 64.2 Å². The van der Waals surface area contributed by atoms with Gasteiger partial charge >= 0.3 is 5.97 Å². The fourth-order valence-electron chi connectivity index (χ4n) is 5.30. The quantitative estimate of drug-likeness (QED) is 0.689. The van der Waals surface area contributed by atoms with E-state index in [1.807, 2.05) is 28.0 Å². The van der Waals surface area contributed by atoms with Crippen LogP contribution in [0.15, 0.2) is 24.3 Å². The molecule has 1 aliphatic carbocycles. The predicted molar refractivity (Wildman–Crippen MR) is 119 cm³/mol. The van der Waals surface area contributed by atoms with Crippen LogP contribution < -0.4 is 4.90 Å². The number of fused-ring (bicyclic) bond motifs is 1. The van der Waals surface area contributed by atoms with Gasteiger partial charge in [-0.1, -0.05) is 50.3 Å². The molecule has 3 aliphatic rings. The van der Waals surface area contributed by atoms with E-state index in [2.05, 4.69) is 6.07 Å². The van der Waals surface area contributed by atoms with Crippen molar-refractivity contribution < 1.29 is 19.1 Å². The molecule has 2 heterocycles. The first-order valence-corrected chi connectivity index (χ1v) is 12.0. The van der Waals surface area contributed by atoms with Gasteiger partial charge in [0.05, 0.1) is 11.8 Å². The van der Waals surface area contributed by atoms with Gasteiger partial charge in [0.15, 0.2) is 6.61 Å². The molecule has 0 spiro atoms. The third-order valence-corrected chi connectivity index (χ3v) is 7.09. The number of esters is 1. The molecule has 31 heavy (non-hydrogen) atoms. The normalized spacial score (nSPS) is 24.1. The Morgan fingerprint density at radius 1 is 0.839 bits per heavy atom. The molecule has 2 atom stereocenters. The summed E-state index contributed by atoms with van der Waals surface area (Å²) in [5.41, 5.74) is 2.15. The molecule has 1 saturated carbocycles. The maximum atomic E-state index is 13.4. The molecular weight excluding hydrogens is 392 g/mol. The molecule has 6 heteroatoms. The third-order valence-electron chi connectivity index (χ3n) is 7.09. The predicted octanol–water partition coefficient (Wildman–Crippen LogP) is 3.72. The second kappa shape index (κ2) is 10.3. The van der Waals surface area contributed by atoms with Gasteiger partial charge in [0.1, 0.15) is 0 Å². The number of likely N-dealkylation sites (tertiary alicyclic amines) is 1. The first-order chi connectivity index (χ1) is 15.1. The fourth-order valence-corrected chi connectivity index (χ4v) is 5.30. The second-order valence-corrected chi connectivity index (χ2v) is 9.12. The molecule has 168 valence electrons. The number of para-hydroxylation sites is 1. The van der Waals surface area contributed by atoms with E-state index in [1.165, 1.54) is 12.0 Å². The highest BCUT2D eigenvalue weighted by Gasteiger charge is 2.40. The van der Waals surface area contributed by atoms with E-state index in [-0.39, 0.29) is 30.3 Å². The monoisotopic (exact) mass is 426 g/mol. The van der Waals surface area contributed by atoms with Gasteiger partial charge in [0.2, 0.25) is 5.91 Å². The van der Waals surface area contributed by atoms with Crippen LogP contribution in [-0.4, -0.2) is 48.9 Å². The highest BCUT2D eigenvalue weighted by atomic mass is 16.5. The second-order valence-electron chi connectivity index (χ2n) is 9.12. The zero-order valence-corrected chi connectivity index (χ0v) is 18.4. The molecule has 2 fully saturated rings. The van der Waals surface area contributed by atoms with E-state index >= 15 is 0 Å². The van der Waals surface area contributed by atoms with Gasteiger partial charge in [-0.3, -0.25) is 14.4 Å². The molecular formula is C25H34N2O4. The van der Waals surface area contributed by atoms with Crippen LogP contribution in [0.5, 0.6) is 0 Å². The van der Waals surface area contributed by atoms with Gasteiger partial charge in [-0.25, -0.2) is 0 Å². The summed E-state index contributed by atoms with van der Waals surface area (Å²) in [4.78, 5) is 42.6. The Morgan fingerprint density at radius 3 is 2.29 bits per heavy atom. The lowest BCUT2D eigenvalue weighted by molar-refractivity contribution is -0.159. The standard InChI is InChI=1S/C25H34N2O4/c28-23(26-15-8-2-1-3-9-16-26)18-31-25(30)21-12-6-5-11-20(21)24(29)27-17-14-19-10-4-7-13-22(19)27/h4,7,10,13,20-21H,1-3,5-6,8-9,11-12,14-18H2/t20-,21-/m1/s1. The van der Waals surface area contributed by atoms with Crippen molar-refractivity contribution in [1.82, 2.24) is 4.90 Å². The topological polar surface area (TPSA) is 66.9 Å². The molecule has 0 unspecified atom stereocenters. The van der Waals surface area contributed by atoms with Crippen molar-refractivity contribution in [2.75, 3.05) is 31.1 Å². The molecule has 6 nitrogen and oxygen atoms in total. The molecule has 0 radical (unpaired) electrons. The van der Waals surface area contributed by atoms with Crippen molar-refractivity contribution in [3.63, 3.8) is 0 Å². The number of anilines is 1. The van der Waals surface area contributed by atoms with Crippen molar-refractivity contribution in [2.24, 2.45) is 11.8 Å². The number of ether oxygens (including phenoxy) is 1. The van der Waals surface area contributed by atoms with Gasteiger partial charge in [0, 0.05) is 25.3 Å². The van der Waals surface area contributed by atoms with Crippen LogP contribution in [0.4, 0.5) is 5.69 Å². The summed E-state index contributed by atoms with van der Waals surface area (Å²) in [6.45, 7) is 1.96. The molecule has 1 aromatic rings. The van der Waals surface area contributed by atoms with Crippen LogP contribution in [0.25, 0.3) is 0 Å². The summed E-state index contributed by atoms with van der Waals surface area (Å²) in [6, 6.07) is 7.99. The Labute approximate surface area is 184 Å². The average molecular weight is 427 g/mol. The van der Waals surface area contributed by atoms with E-state index in [9.17, 15) is 14.4 Å². The first kappa shape index (κ1) is 21.8. The molecule has 0 aromatic heterocycles. The molecule has 2 amide bonds. The average Bonchev–Trinajstić information content (AvgIpc) is 3.21. The Hall–Kier alpha value is -2.37.